The van der Waals surface area contributed by atoms with Crippen LogP contribution in [0.15, 0.2) is 48.0 Å². The number of hydrogen-bond donors (Lipinski definition) is 1. The Morgan fingerprint density at radius 3 is 2.48 bits per heavy atom. The van der Waals surface area contributed by atoms with Crippen LogP contribution in [0.2, 0.25) is 5.02 Å². The van der Waals surface area contributed by atoms with Crippen molar-refractivity contribution in [2.45, 2.75) is 6.04 Å². The van der Waals surface area contributed by atoms with Gasteiger partial charge in [-0.1, -0.05) is 23.7 Å². The third-order valence-corrected chi connectivity index (χ3v) is 6.21. The largest absolute Gasteiger partial charge is 0.507 e. The molecule has 2 fully saturated rings. The van der Waals surface area contributed by atoms with E-state index >= 15 is 0 Å². The molecule has 2 saturated heterocycles. The highest BCUT2D eigenvalue weighted by molar-refractivity contribution is 6.46. The fourth-order valence-electron chi connectivity index (χ4n) is 4.15. The van der Waals surface area contributed by atoms with Crippen LogP contribution >= 0.6 is 11.6 Å². The summed E-state index contributed by atoms with van der Waals surface area (Å²) in [6.45, 7) is 3.50. The molecule has 0 bridgehead atoms. The molecule has 33 heavy (non-hydrogen) atoms. The Bertz CT molecular complexity index is 1080. The van der Waals surface area contributed by atoms with Crippen LogP contribution in [0, 0.1) is 5.82 Å². The number of amides is 1. The van der Waals surface area contributed by atoms with Crippen molar-refractivity contribution < 1.29 is 28.6 Å². The first-order valence-corrected chi connectivity index (χ1v) is 11.0. The van der Waals surface area contributed by atoms with Gasteiger partial charge in [-0.25, -0.2) is 4.39 Å². The molecule has 9 heteroatoms. The van der Waals surface area contributed by atoms with Crippen molar-refractivity contribution >= 4 is 29.1 Å². The minimum absolute atomic E-state index is 0.0604. The number of rotatable bonds is 6. The SMILES string of the molecule is COc1ccc(C(O)=C2C(=O)C(=O)N(CCN3CCOCC3)[C@@H]2c2ccc(F)cc2)cc1Cl. The number of ether oxygens (including phenoxy) is 2. The number of nitrogens with zero attached hydrogens (tertiary/aromatic N) is 2. The second-order valence-electron chi connectivity index (χ2n) is 7.85. The quantitative estimate of drug-likeness (QED) is 0.393. The Balaban J connectivity index is 1.74. The van der Waals surface area contributed by atoms with E-state index in [0.29, 0.717) is 31.1 Å². The fraction of sp³-hybridized carbons (Fsp3) is 0.333. The number of benzene rings is 2. The number of carbonyl (C=O) groups is 2. The molecule has 4 rings (SSSR count). The fourth-order valence-corrected chi connectivity index (χ4v) is 4.40. The second kappa shape index (κ2) is 9.91. The van der Waals surface area contributed by atoms with Crippen molar-refractivity contribution in [2.24, 2.45) is 0 Å². The van der Waals surface area contributed by atoms with E-state index in [9.17, 15) is 19.1 Å². The van der Waals surface area contributed by atoms with Gasteiger partial charge in [0.1, 0.15) is 17.3 Å². The first kappa shape index (κ1) is 23.2. The zero-order valence-corrected chi connectivity index (χ0v) is 18.8. The Labute approximate surface area is 195 Å². The van der Waals surface area contributed by atoms with Crippen LogP contribution in [-0.2, 0) is 14.3 Å². The summed E-state index contributed by atoms with van der Waals surface area (Å²) in [5, 5.41) is 11.3. The van der Waals surface area contributed by atoms with Crippen molar-refractivity contribution in [2.75, 3.05) is 46.5 Å². The average Bonchev–Trinajstić information content (AvgIpc) is 3.08. The van der Waals surface area contributed by atoms with Gasteiger partial charge in [0.15, 0.2) is 0 Å². The van der Waals surface area contributed by atoms with E-state index in [2.05, 4.69) is 4.90 Å². The number of hydrogen-bond acceptors (Lipinski definition) is 6. The molecule has 1 N–H and O–H groups in total. The molecule has 2 aliphatic heterocycles. The number of aliphatic hydroxyl groups excluding tert-OH is 1. The number of methoxy groups -OCH3 is 1. The predicted octanol–water partition coefficient (Wildman–Crippen LogP) is 3.24. The summed E-state index contributed by atoms with van der Waals surface area (Å²) in [7, 11) is 1.47. The molecule has 0 unspecified atom stereocenters. The Morgan fingerprint density at radius 1 is 1.15 bits per heavy atom. The number of ketones is 1. The molecular formula is C24H24ClFN2O5. The maximum Gasteiger partial charge on any atom is 0.295 e. The van der Waals surface area contributed by atoms with Crippen molar-refractivity contribution in [3.63, 3.8) is 0 Å². The molecule has 2 aliphatic rings. The molecule has 2 aromatic carbocycles. The molecule has 0 radical (unpaired) electrons. The topological polar surface area (TPSA) is 79.3 Å². The molecule has 2 heterocycles. The van der Waals surface area contributed by atoms with E-state index in [1.807, 2.05) is 0 Å². The summed E-state index contributed by atoms with van der Waals surface area (Å²) in [5.41, 5.74) is 0.743. The smallest absolute Gasteiger partial charge is 0.295 e. The van der Waals surface area contributed by atoms with Crippen LogP contribution in [0.3, 0.4) is 0 Å². The van der Waals surface area contributed by atoms with Gasteiger partial charge in [-0.2, -0.15) is 0 Å². The number of likely N-dealkylation sites (tertiary alicyclic amines) is 1. The van der Waals surface area contributed by atoms with Gasteiger partial charge in [0.2, 0.25) is 0 Å². The van der Waals surface area contributed by atoms with Gasteiger partial charge in [0.05, 0.1) is 37.0 Å². The molecule has 2 aromatic rings. The number of aliphatic hydroxyl groups is 1. The highest BCUT2D eigenvalue weighted by atomic mass is 35.5. The number of morpholine rings is 1. The van der Waals surface area contributed by atoms with E-state index in [-0.39, 0.29) is 28.5 Å². The molecule has 174 valence electrons. The summed E-state index contributed by atoms with van der Waals surface area (Å²) >= 11 is 6.20. The van der Waals surface area contributed by atoms with E-state index in [1.165, 1.54) is 42.3 Å². The summed E-state index contributed by atoms with van der Waals surface area (Å²) in [6.07, 6.45) is 0. The van der Waals surface area contributed by atoms with Gasteiger partial charge in [-0.15, -0.1) is 0 Å². The third kappa shape index (κ3) is 4.73. The number of Topliss-reactive ketones (excluding diaryl/α,β-unsaturated/α-hetero) is 1. The average molecular weight is 475 g/mol. The summed E-state index contributed by atoms with van der Waals surface area (Å²) in [4.78, 5) is 29.7. The summed E-state index contributed by atoms with van der Waals surface area (Å²) in [5.74, 6) is -1.88. The lowest BCUT2D eigenvalue weighted by molar-refractivity contribution is -0.140. The van der Waals surface area contributed by atoms with Crippen molar-refractivity contribution in [3.8, 4) is 5.75 Å². The van der Waals surface area contributed by atoms with Crippen LogP contribution in [-0.4, -0.2) is 73.1 Å². The molecule has 7 nitrogen and oxygen atoms in total. The van der Waals surface area contributed by atoms with E-state index in [0.717, 1.165) is 13.1 Å². The first-order valence-electron chi connectivity index (χ1n) is 10.6. The molecule has 0 aromatic heterocycles. The zero-order valence-electron chi connectivity index (χ0n) is 18.1. The normalized spacial score (nSPS) is 20.9. The lowest BCUT2D eigenvalue weighted by Gasteiger charge is -2.31. The molecule has 1 atom stereocenters. The van der Waals surface area contributed by atoms with Crippen molar-refractivity contribution in [1.29, 1.82) is 0 Å². The Hall–Kier alpha value is -2.94. The van der Waals surface area contributed by atoms with Gasteiger partial charge in [0.25, 0.3) is 11.7 Å². The maximum atomic E-state index is 13.6. The third-order valence-electron chi connectivity index (χ3n) is 5.91. The zero-order chi connectivity index (χ0) is 23.5. The van der Waals surface area contributed by atoms with Gasteiger partial charge >= 0.3 is 0 Å². The summed E-state index contributed by atoms with van der Waals surface area (Å²) in [6, 6.07) is 9.31. The lowest BCUT2D eigenvalue weighted by atomic mass is 9.95. The highest BCUT2D eigenvalue weighted by Gasteiger charge is 2.46. The first-order chi connectivity index (χ1) is 15.9. The molecule has 1 amide bonds. The minimum atomic E-state index is -0.854. The monoisotopic (exact) mass is 474 g/mol. The minimum Gasteiger partial charge on any atom is -0.507 e. The van der Waals surface area contributed by atoms with Crippen LogP contribution in [0.1, 0.15) is 17.2 Å². The molecular weight excluding hydrogens is 451 g/mol. The van der Waals surface area contributed by atoms with Gasteiger partial charge < -0.3 is 19.5 Å². The van der Waals surface area contributed by atoms with Gasteiger partial charge in [-0.05, 0) is 35.9 Å². The van der Waals surface area contributed by atoms with Gasteiger partial charge in [0, 0.05) is 31.7 Å². The van der Waals surface area contributed by atoms with Crippen molar-refractivity contribution in [1.82, 2.24) is 9.80 Å². The molecule has 0 spiro atoms. The standard InChI is InChI=1S/C24H24ClFN2O5/c1-32-19-7-4-16(14-18(19)25)22(29)20-21(15-2-5-17(26)6-3-15)28(24(31)23(20)30)9-8-27-10-12-33-13-11-27/h2-7,14,21,29H,8-13H2,1H3/t21-/m1/s1. The second-order valence-corrected chi connectivity index (χ2v) is 8.25. The van der Waals surface area contributed by atoms with E-state index < -0.39 is 23.5 Å². The van der Waals surface area contributed by atoms with Crippen LogP contribution in [0.5, 0.6) is 5.75 Å². The lowest BCUT2D eigenvalue weighted by Crippen LogP contribution is -2.42. The number of carbonyl (C=O) groups excluding carboxylic acids is 2. The Morgan fingerprint density at radius 2 is 1.85 bits per heavy atom. The number of halogens is 2. The molecule has 0 aliphatic carbocycles. The van der Waals surface area contributed by atoms with Gasteiger partial charge in [-0.3, -0.25) is 14.5 Å². The van der Waals surface area contributed by atoms with Crippen molar-refractivity contribution in [3.05, 3.63) is 70.0 Å². The van der Waals surface area contributed by atoms with E-state index in [1.54, 1.807) is 12.1 Å². The predicted molar refractivity (Wildman–Crippen MR) is 121 cm³/mol. The summed E-state index contributed by atoms with van der Waals surface area (Å²) < 4.78 is 24.1. The van der Waals surface area contributed by atoms with E-state index in [4.69, 9.17) is 21.1 Å². The Kier molecular flexibility index (Phi) is 6.97. The van der Waals surface area contributed by atoms with Crippen LogP contribution in [0.4, 0.5) is 4.39 Å². The highest BCUT2D eigenvalue weighted by Crippen LogP contribution is 2.40. The van der Waals surface area contributed by atoms with Crippen LogP contribution in [0.25, 0.3) is 5.76 Å². The van der Waals surface area contributed by atoms with Crippen LogP contribution < -0.4 is 4.74 Å². The molecule has 0 saturated carbocycles. The maximum absolute atomic E-state index is 13.6.